The topological polar surface area (TPSA) is 58.2 Å². The van der Waals surface area contributed by atoms with Gasteiger partial charge in [0.05, 0.1) is 0 Å². The molecule has 24 heavy (non-hydrogen) atoms. The van der Waals surface area contributed by atoms with E-state index in [1.807, 2.05) is 30.3 Å². The lowest BCUT2D eigenvalue weighted by Gasteiger charge is -2.15. The second-order valence-corrected chi connectivity index (χ2v) is 6.47. The predicted octanol–water partition coefficient (Wildman–Crippen LogP) is 3.42. The number of anilines is 1. The van der Waals surface area contributed by atoms with Crippen LogP contribution in [0.2, 0.25) is 5.02 Å². The predicted molar refractivity (Wildman–Crippen MR) is 94.9 cm³/mol. The molecule has 0 bridgehead atoms. The Kier molecular flexibility index (Phi) is 4.86. The highest BCUT2D eigenvalue weighted by Gasteiger charge is 2.56. The van der Waals surface area contributed by atoms with Gasteiger partial charge in [0.1, 0.15) is 5.41 Å². The number of carbonyl (C=O) groups is 2. The van der Waals surface area contributed by atoms with Crippen LogP contribution < -0.4 is 10.6 Å². The number of benzene rings is 2. The standard InChI is InChI=1S/C19H19ClN2O2/c20-15-7-4-8-16(13-15)22-18(24)19(10-11-19)17(23)21-12-9-14-5-2-1-3-6-14/h1-8,13H,9-12H2,(H,21,23)(H,22,24). The van der Waals surface area contributed by atoms with Crippen LogP contribution in [0.1, 0.15) is 18.4 Å². The molecule has 0 spiro atoms. The van der Waals surface area contributed by atoms with Gasteiger partial charge in [-0.3, -0.25) is 9.59 Å². The zero-order valence-electron chi connectivity index (χ0n) is 13.2. The zero-order valence-corrected chi connectivity index (χ0v) is 14.0. The van der Waals surface area contributed by atoms with E-state index >= 15 is 0 Å². The molecule has 0 aliphatic heterocycles. The van der Waals surface area contributed by atoms with Gasteiger partial charge in [-0.1, -0.05) is 48.0 Å². The van der Waals surface area contributed by atoms with Crippen LogP contribution in [-0.4, -0.2) is 18.4 Å². The molecular weight excluding hydrogens is 324 g/mol. The van der Waals surface area contributed by atoms with Crippen molar-refractivity contribution >= 4 is 29.1 Å². The average molecular weight is 343 g/mol. The summed E-state index contributed by atoms with van der Waals surface area (Å²) in [4.78, 5) is 24.9. The monoisotopic (exact) mass is 342 g/mol. The van der Waals surface area contributed by atoms with Gasteiger partial charge >= 0.3 is 0 Å². The summed E-state index contributed by atoms with van der Waals surface area (Å²) in [6, 6.07) is 16.9. The summed E-state index contributed by atoms with van der Waals surface area (Å²) in [7, 11) is 0. The van der Waals surface area contributed by atoms with Crippen molar-refractivity contribution in [2.24, 2.45) is 5.41 Å². The van der Waals surface area contributed by atoms with Crippen LogP contribution in [0.5, 0.6) is 0 Å². The molecule has 0 heterocycles. The molecule has 2 N–H and O–H groups in total. The molecule has 2 amide bonds. The Hall–Kier alpha value is -2.33. The number of nitrogens with one attached hydrogen (secondary N) is 2. The molecule has 4 nitrogen and oxygen atoms in total. The summed E-state index contributed by atoms with van der Waals surface area (Å²) in [6.45, 7) is 0.523. The maximum Gasteiger partial charge on any atom is 0.240 e. The number of hydrogen-bond donors (Lipinski definition) is 2. The van der Waals surface area contributed by atoms with E-state index in [9.17, 15) is 9.59 Å². The molecule has 0 atom stereocenters. The number of rotatable bonds is 6. The van der Waals surface area contributed by atoms with Crippen LogP contribution in [-0.2, 0) is 16.0 Å². The van der Waals surface area contributed by atoms with Crippen molar-refractivity contribution in [3.63, 3.8) is 0 Å². The fourth-order valence-electron chi connectivity index (χ4n) is 2.63. The minimum absolute atomic E-state index is 0.196. The Morgan fingerprint density at radius 1 is 1.00 bits per heavy atom. The minimum Gasteiger partial charge on any atom is -0.355 e. The molecule has 0 radical (unpaired) electrons. The third-order valence-electron chi connectivity index (χ3n) is 4.24. The van der Waals surface area contributed by atoms with Crippen LogP contribution in [0, 0.1) is 5.41 Å². The summed E-state index contributed by atoms with van der Waals surface area (Å²) in [5, 5.41) is 6.22. The van der Waals surface area contributed by atoms with Gasteiger partial charge < -0.3 is 10.6 Å². The van der Waals surface area contributed by atoms with Crippen LogP contribution in [0.4, 0.5) is 5.69 Å². The highest BCUT2D eigenvalue weighted by molar-refractivity contribution is 6.31. The molecule has 2 aromatic carbocycles. The lowest BCUT2D eigenvalue weighted by atomic mass is 10.0. The molecule has 124 valence electrons. The Labute approximate surface area is 146 Å². The third-order valence-corrected chi connectivity index (χ3v) is 4.48. The Balaban J connectivity index is 1.54. The van der Waals surface area contributed by atoms with E-state index in [1.165, 1.54) is 0 Å². The first-order valence-corrected chi connectivity index (χ1v) is 8.37. The number of carbonyl (C=O) groups excluding carboxylic acids is 2. The van der Waals surface area contributed by atoms with Gasteiger partial charge in [-0.2, -0.15) is 0 Å². The summed E-state index contributed by atoms with van der Waals surface area (Å²) in [5.41, 5.74) is 0.834. The van der Waals surface area contributed by atoms with Crippen molar-refractivity contribution < 1.29 is 9.59 Å². The van der Waals surface area contributed by atoms with E-state index in [2.05, 4.69) is 10.6 Å². The van der Waals surface area contributed by atoms with Gasteiger partial charge in [-0.05, 0) is 43.0 Å². The maximum absolute atomic E-state index is 12.5. The summed E-state index contributed by atoms with van der Waals surface area (Å²) in [5.74, 6) is -0.458. The number of halogens is 1. The van der Waals surface area contributed by atoms with Crippen molar-refractivity contribution in [3.05, 3.63) is 65.2 Å². The summed E-state index contributed by atoms with van der Waals surface area (Å²) >= 11 is 5.92. The Bertz CT molecular complexity index is 742. The van der Waals surface area contributed by atoms with Gasteiger partial charge in [-0.15, -0.1) is 0 Å². The molecule has 0 unspecified atom stereocenters. The largest absolute Gasteiger partial charge is 0.355 e. The van der Waals surface area contributed by atoms with Crippen molar-refractivity contribution in [3.8, 4) is 0 Å². The first kappa shape index (κ1) is 16.5. The van der Waals surface area contributed by atoms with Gasteiger partial charge in [0.25, 0.3) is 0 Å². The molecular formula is C19H19ClN2O2. The second kappa shape index (κ2) is 7.05. The third kappa shape index (κ3) is 3.77. The molecule has 1 aliphatic rings. The number of amides is 2. The first-order valence-electron chi connectivity index (χ1n) is 7.99. The van der Waals surface area contributed by atoms with Crippen LogP contribution in [0.25, 0.3) is 0 Å². The summed E-state index contributed by atoms with van der Waals surface area (Å²) in [6.07, 6.45) is 1.91. The molecule has 5 heteroatoms. The Morgan fingerprint density at radius 2 is 1.75 bits per heavy atom. The smallest absolute Gasteiger partial charge is 0.240 e. The van der Waals surface area contributed by atoms with E-state index < -0.39 is 5.41 Å². The van der Waals surface area contributed by atoms with Crippen LogP contribution in [0.15, 0.2) is 54.6 Å². The maximum atomic E-state index is 12.5. The lowest BCUT2D eigenvalue weighted by molar-refractivity contribution is -0.134. The quantitative estimate of drug-likeness (QED) is 0.790. The van der Waals surface area contributed by atoms with E-state index in [4.69, 9.17) is 11.6 Å². The molecule has 1 fully saturated rings. The lowest BCUT2D eigenvalue weighted by Crippen LogP contribution is -2.40. The van der Waals surface area contributed by atoms with E-state index in [0.29, 0.717) is 30.1 Å². The van der Waals surface area contributed by atoms with Gasteiger partial charge in [0, 0.05) is 17.3 Å². The molecule has 3 rings (SSSR count). The SMILES string of the molecule is O=C(NCCc1ccccc1)C1(C(=O)Nc2cccc(Cl)c2)CC1. The van der Waals surface area contributed by atoms with E-state index in [0.717, 1.165) is 12.0 Å². The minimum atomic E-state index is -0.932. The molecule has 0 aromatic heterocycles. The van der Waals surface area contributed by atoms with Crippen LogP contribution in [0.3, 0.4) is 0 Å². The zero-order chi connectivity index (χ0) is 17.0. The normalized spacial score (nSPS) is 14.7. The number of hydrogen-bond acceptors (Lipinski definition) is 2. The second-order valence-electron chi connectivity index (χ2n) is 6.04. The highest BCUT2D eigenvalue weighted by Crippen LogP contribution is 2.46. The van der Waals surface area contributed by atoms with E-state index in [-0.39, 0.29) is 11.8 Å². The summed E-state index contributed by atoms with van der Waals surface area (Å²) < 4.78 is 0. The van der Waals surface area contributed by atoms with Gasteiger partial charge in [0.15, 0.2) is 0 Å². The van der Waals surface area contributed by atoms with Crippen molar-refractivity contribution in [1.29, 1.82) is 0 Å². The molecule has 1 aliphatic carbocycles. The van der Waals surface area contributed by atoms with Gasteiger partial charge in [-0.25, -0.2) is 0 Å². The van der Waals surface area contributed by atoms with Gasteiger partial charge in [0.2, 0.25) is 11.8 Å². The Morgan fingerprint density at radius 3 is 2.42 bits per heavy atom. The first-order chi connectivity index (χ1) is 11.6. The van der Waals surface area contributed by atoms with Crippen molar-refractivity contribution in [2.75, 3.05) is 11.9 Å². The average Bonchev–Trinajstić information content (AvgIpc) is 3.38. The molecule has 2 aromatic rings. The fourth-order valence-corrected chi connectivity index (χ4v) is 2.82. The molecule has 0 saturated heterocycles. The van der Waals surface area contributed by atoms with Crippen molar-refractivity contribution in [2.45, 2.75) is 19.3 Å². The fraction of sp³-hybridized carbons (Fsp3) is 0.263. The van der Waals surface area contributed by atoms with E-state index in [1.54, 1.807) is 24.3 Å². The van der Waals surface area contributed by atoms with Crippen molar-refractivity contribution in [1.82, 2.24) is 5.32 Å². The molecule has 1 saturated carbocycles. The highest BCUT2D eigenvalue weighted by atomic mass is 35.5. The van der Waals surface area contributed by atoms with Crippen LogP contribution >= 0.6 is 11.6 Å².